The number of carbonyl (C=O) groups excluding carboxylic acids is 1. The molecular weight excluding hydrogens is 880 g/mol. The monoisotopic (exact) mass is 936 g/mol. The van der Waals surface area contributed by atoms with E-state index in [9.17, 15) is 32.8 Å². The molecule has 5 aliphatic rings. The van der Waals surface area contributed by atoms with Crippen LogP contribution < -0.4 is 23.8 Å². The molecule has 0 unspecified atom stereocenters. The number of rotatable bonds is 11. The molecule has 1 amide bonds. The Morgan fingerprint density at radius 2 is 1.81 bits per heavy atom. The number of halogens is 1. The van der Waals surface area contributed by atoms with Gasteiger partial charge < -0.3 is 29.2 Å². The summed E-state index contributed by atoms with van der Waals surface area (Å²) in [6, 6.07) is 18.2. The highest BCUT2D eigenvalue weighted by atomic mass is 32.2. The number of amides is 1. The van der Waals surface area contributed by atoms with Crippen LogP contribution in [0.15, 0.2) is 78.0 Å². The molecule has 354 valence electrons. The molecule has 3 aromatic carbocycles. The molecule has 2 saturated heterocycles. The Labute approximate surface area is 389 Å². The fourth-order valence-corrected chi connectivity index (χ4v) is 12.4. The van der Waals surface area contributed by atoms with E-state index in [0.29, 0.717) is 49.3 Å². The first-order valence-electron chi connectivity index (χ1n) is 23.5. The molecule has 10 rings (SSSR count). The number of hydrogen-bond acceptors (Lipinski definition) is 12. The lowest BCUT2D eigenvalue weighted by Crippen LogP contribution is -2.54. The van der Waals surface area contributed by atoms with Gasteiger partial charge >= 0.3 is 5.69 Å². The molecule has 15 nitrogen and oxygen atoms in total. The summed E-state index contributed by atoms with van der Waals surface area (Å²) >= 11 is 0. The Bertz CT molecular complexity index is 2830. The van der Waals surface area contributed by atoms with E-state index in [1.807, 2.05) is 0 Å². The van der Waals surface area contributed by atoms with E-state index in [-0.39, 0.29) is 51.9 Å². The molecule has 3 N–H and O–H groups in total. The number of carbonyl (C=O) groups is 1. The highest BCUT2D eigenvalue weighted by Gasteiger charge is 2.50. The Morgan fingerprint density at radius 3 is 2.55 bits per heavy atom. The molecule has 0 radical (unpaired) electrons. The molecule has 0 bridgehead atoms. The summed E-state index contributed by atoms with van der Waals surface area (Å²) < 4.78 is 62.9. The van der Waals surface area contributed by atoms with Crippen molar-refractivity contribution in [2.24, 2.45) is 11.3 Å². The Balaban J connectivity index is 0.863. The molecule has 17 heteroatoms. The SMILES string of the molecule is CC(C)c1ccccc1[C@H]1CCCN1C1CC2(CCN(c3ccc(C(=O)NS(=O)(=O)c4cc5c(c([N+](=O)[O-])c4)O[C@H](C4CCC(C)(O)CC4)CO5)c(Oc4cnc5[nH]cc(F)c5c4)c3)CC2)C1. The van der Waals surface area contributed by atoms with Gasteiger partial charge in [0.05, 0.1) is 32.6 Å². The second-order valence-electron chi connectivity index (χ2n) is 20.0. The number of benzene rings is 3. The molecule has 2 aromatic heterocycles. The molecule has 2 saturated carbocycles. The average molecular weight is 937 g/mol. The number of nitrogens with zero attached hydrogens (tertiary/aromatic N) is 4. The molecule has 4 fully saturated rings. The number of H-pyrrole nitrogens is 1. The molecule has 5 heterocycles. The van der Waals surface area contributed by atoms with Gasteiger partial charge in [-0.1, -0.05) is 38.1 Å². The summed E-state index contributed by atoms with van der Waals surface area (Å²) in [6.45, 7) is 9.02. The van der Waals surface area contributed by atoms with Gasteiger partial charge in [-0.3, -0.25) is 19.8 Å². The smallest absolute Gasteiger partial charge is 0.316 e. The number of pyridine rings is 1. The first kappa shape index (κ1) is 45.0. The van der Waals surface area contributed by atoms with Crippen LogP contribution in [0.4, 0.5) is 15.8 Å². The zero-order chi connectivity index (χ0) is 46.8. The highest BCUT2D eigenvalue weighted by molar-refractivity contribution is 7.90. The van der Waals surface area contributed by atoms with Gasteiger partial charge in [-0.15, -0.1) is 0 Å². The van der Waals surface area contributed by atoms with Crippen molar-refractivity contribution >= 4 is 38.3 Å². The van der Waals surface area contributed by atoms with Crippen LogP contribution in [0.2, 0.25) is 0 Å². The first-order valence-corrected chi connectivity index (χ1v) is 25.0. The van der Waals surface area contributed by atoms with Gasteiger partial charge in [-0.05, 0) is 124 Å². The standard InChI is InChI=1S/C50H57FN6O9S/c1-30(2)36-7-4-5-8-37(36)41-9-6-18-56(41)33-25-50(26-33)16-19-55(20-17-50)32-10-11-38(43(21-32)65-34-22-39-40(51)28-53-47(39)52-27-34)48(58)54-67(62,63)35-23-42(57(60)61)46-44(24-35)64-29-45(66-46)31-12-14-49(3,59)15-13-31/h4-5,7-8,10-11,21-24,27-28,30-31,33,41,45,59H,6,9,12-20,25-26,29H2,1-3H3,(H,52,53)(H,54,58)/t31?,41-,45+,49?/m1/s1. The van der Waals surface area contributed by atoms with Crippen LogP contribution in [0.5, 0.6) is 23.0 Å². The van der Waals surface area contributed by atoms with Crippen molar-refractivity contribution in [3.63, 3.8) is 0 Å². The Morgan fingerprint density at radius 1 is 1.04 bits per heavy atom. The largest absolute Gasteiger partial charge is 0.485 e. The van der Waals surface area contributed by atoms with Crippen LogP contribution in [0, 0.1) is 27.3 Å². The van der Waals surface area contributed by atoms with Crippen LogP contribution in [0.25, 0.3) is 11.0 Å². The van der Waals surface area contributed by atoms with Crippen molar-refractivity contribution < 1.29 is 41.8 Å². The maximum atomic E-state index is 14.7. The van der Waals surface area contributed by atoms with Crippen LogP contribution in [0.3, 0.4) is 0 Å². The van der Waals surface area contributed by atoms with E-state index in [0.717, 1.165) is 63.1 Å². The number of aromatic nitrogens is 2. The van der Waals surface area contributed by atoms with E-state index in [4.69, 9.17) is 14.2 Å². The van der Waals surface area contributed by atoms with Gasteiger partial charge in [0.2, 0.25) is 5.75 Å². The second-order valence-corrected chi connectivity index (χ2v) is 21.7. The number of nitrogens with one attached hydrogen (secondary N) is 2. The van der Waals surface area contributed by atoms with Crippen LogP contribution in [0.1, 0.15) is 118 Å². The van der Waals surface area contributed by atoms with Crippen molar-refractivity contribution in [2.45, 2.75) is 120 Å². The van der Waals surface area contributed by atoms with Crippen molar-refractivity contribution in [1.82, 2.24) is 19.6 Å². The van der Waals surface area contributed by atoms with Crippen molar-refractivity contribution in [1.29, 1.82) is 0 Å². The summed E-state index contributed by atoms with van der Waals surface area (Å²) in [5.41, 5.74) is 2.68. The van der Waals surface area contributed by atoms with E-state index in [1.54, 1.807) is 19.1 Å². The molecular formula is C50H57FN6O9S. The zero-order valence-electron chi connectivity index (χ0n) is 38.0. The number of nitro benzene ring substituents is 1. The molecule has 67 heavy (non-hydrogen) atoms. The predicted octanol–water partition coefficient (Wildman–Crippen LogP) is 9.31. The van der Waals surface area contributed by atoms with Crippen LogP contribution >= 0.6 is 0 Å². The Hall–Kier alpha value is -5.78. The maximum absolute atomic E-state index is 14.7. The maximum Gasteiger partial charge on any atom is 0.316 e. The number of anilines is 1. The van der Waals surface area contributed by atoms with Gasteiger partial charge in [0.15, 0.2) is 5.75 Å². The van der Waals surface area contributed by atoms with Gasteiger partial charge in [0, 0.05) is 55.3 Å². The third-order valence-electron chi connectivity index (χ3n) is 15.2. The minimum Gasteiger partial charge on any atom is -0.485 e. The minimum absolute atomic E-state index is 0.0106. The minimum atomic E-state index is -4.74. The molecule has 5 aromatic rings. The van der Waals surface area contributed by atoms with E-state index in [1.165, 1.54) is 48.5 Å². The van der Waals surface area contributed by atoms with Crippen molar-refractivity contribution in [3.8, 4) is 23.0 Å². The van der Waals surface area contributed by atoms with E-state index >= 15 is 0 Å². The van der Waals surface area contributed by atoms with Gasteiger partial charge in [0.25, 0.3) is 15.9 Å². The number of nitro groups is 1. The summed E-state index contributed by atoms with van der Waals surface area (Å²) in [5.74, 6) is -1.34. The first-order chi connectivity index (χ1) is 32.1. The highest BCUT2D eigenvalue weighted by Crippen LogP contribution is 2.54. The third kappa shape index (κ3) is 8.81. The average Bonchev–Trinajstić information content (AvgIpc) is 3.94. The fourth-order valence-electron chi connectivity index (χ4n) is 11.4. The molecule has 2 aliphatic carbocycles. The van der Waals surface area contributed by atoms with Crippen molar-refractivity contribution in [3.05, 3.63) is 106 Å². The fraction of sp³-hybridized carbons (Fsp3) is 0.480. The van der Waals surface area contributed by atoms with Gasteiger partial charge in [0.1, 0.15) is 35.7 Å². The second kappa shape index (κ2) is 17.4. The number of aliphatic hydroxyl groups is 1. The predicted molar refractivity (Wildman–Crippen MR) is 249 cm³/mol. The number of sulfonamides is 1. The lowest BCUT2D eigenvalue weighted by atomic mass is 9.59. The van der Waals surface area contributed by atoms with Crippen LogP contribution in [-0.4, -0.2) is 83.2 Å². The van der Waals surface area contributed by atoms with Gasteiger partial charge in [-0.25, -0.2) is 22.5 Å². The molecule has 2 atom stereocenters. The Kier molecular flexibility index (Phi) is 11.7. The normalized spacial score (nSPS) is 24.2. The molecule has 1 spiro atoms. The lowest BCUT2D eigenvalue weighted by molar-refractivity contribution is -0.386. The van der Waals surface area contributed by atoms with E-state index in [2.05, 4.69) is 62.6 Å². The topological polar surface area (TPSA) is 189 Å². The summed E-state index contributed by atoms with van der Waals surface area (Å²) in [4.78, 5) is 37.1. The van der Waals surface area contributed by atoms with Crippen LogP contribution in [-0.2, 0) is 10.0 Å². The van der Waals surface area contributed by atoms with E-state index < -0.39 is 49.0 Å². The quantitative estimate of drug-likeness (QED) is 0.0842. The third-order valence-corrected chi connectivity index (χ3v) is 16.5. The molecule has 3 aliphatic heterocycles. The number of likely N-dealkylation sites (tertiary alicyclic amines) is 1. The number of piperidine rings is 1. The number of ether oxygens (including phenoxy) is 3. The summed E-state index contributed by atoms with van der Waals surface area (Å²) in [6.07, 6.45) is 11.1. The number of fused-ring (bicyclic) bond motifs is 2. The zero-order valence-corrected chi connectivity index (χ0v) is 38.8. The lowest BCUT2D eigenvalue weighted by Gasteiger charge is -2.56. The van der Waals surface area contributed by atoms with Gasteiger partial charge in [-0.2, -0.15) is 0 Å². The number of aromatic amines is 1. The summed E-state index contributed by atoms with van der Waals surface area (Å²) in [5, 5.41) is 22.9. The number of hydrogen-bond donors (Lipinski definition) is 3. The summed E-state index contributed by atoms with van der Waals surface area (Å²) in [7, 11) is -4.74. The van der Waals surface area contributed by atoms with Crippen molar-refractivity contribution in [2.75, 3.05) is 31.1 Å².